The van der Waals surface area contributed by atoms with Gasteiger partial charge in [0.2, 0.25) is 0 Å². The summed E-state index contributed by atoms with van der Waals surface area (Å²) in [4.78, 5) is 12.5. The summed E-state index contributed by atoms with van der Waals surface area (Å²) in [6.45, 7) is 4.26. The fourth-order valence-corrected chi connectivity index (χ4v) is 2.93. The Balaban J connectivity index is 1.97. The zero-order chi connectivity index (χ0) is 16.4. The van der Waals surface area contributed by atoms with Gasteiger partial charge in [-0.25, -0.2) is 0 Å². The molecule has 1 heterocycles. The molecule has 0 bridgehead atoms. The topological polar surface area (TPSA) is 52.9 Å². The molecule has 0 saturated carbocycles. The second kappa shape index (κ2) is 5.73. The number of carbonyl (C=O) groups excluding carboxylic acids is 1. The minimum atomic E-state index is -0.0921. The molecule has 23 heavy (non-hydrogen) atoms. The maximum atomic E-state index is 12.5. The predicted octanol–water partition coefficient (Wildman–Crippen LogP) is 3.71. The van der Waals surface area contributed by atoms with Crippen molar-refractivity contribution in [1.29, 1.82) is 5.26 Å². The molecule has 3 heteroatoms. The van der Waals surface area contributed by atoms with Gasteiger partial charge in [-0.15, -0.1) is 0 Å². The van der Waals surface area contributed by atoms with E-state index in [1.165, 1.54) is 5.56 Å². The van der Waals surface area contributed by atoms with Crippen molar-refractivity contribution in [2.24, 2.45) is 0 Å². The third-order valence-corrected chi connectivity index (χ3v) is 3.99. The number of ketones is 1. The van der Waals surface area contributed by atoms with Crippen LogP contribution in [0.1, 0.15) is 40.9 Å². The molecule has 3 rings (SSSR count). The number of allylic oxidation sites excluding steroid dienone is 1. The second-order valence-corrected chi connectivity index (χ2v) is 6.45. The van der Waals surface area contributed by atoms with E-state index in [9.17, 15) is 4.79 Å². The van der Waals surface area contributed by atoms with E-state index in [0.29, 0.717) is 11.1 Å². The number of hydrogen-bond donors (Lipinski definition) is 1. The third-order valence-electron chi connectivity index (χ3n) is 3.99. The number of fused-ring (bicyclic) bond motifs is 1. The molecular formula is C20H18N2O. The SMILES string of the molecule is CC1(C)Cc2ccccc2C(=CC(=O)c2ccc(C#N)cc2)N1. The fraction of sp³-hybridized carbons (Fsp3) is 0.200. The highest BCUT2D eigenvalue weighted by molar-refractivity contribution is 6.08. The van der Waals surface area contributed by atoms with E-state index in [-0.39, 0.29) is 11.3 Å². The van der Waals surface area contributed by atoms with Crippen LogP contribution in [0.5, 0.6) is 0 Å². The molecule has 2 aromatic rings. The molecule has 0 spiro atoms. The minimum absolute atomic E-state index is 0.0653. The number of carbonyl (C=O) groups is 1. The van der Waals surface area contributed by atoms with Gasteiger partial charge in [0.15, 0.2) is 5.78 Å². The molecule has 1 aliphatic heterocycles. The lowest BCUT2D eigenvalue weighted by Crippen LogP contribution is -2.43. The number of nitrogens with one attached hydrogen (secondary N) is 1. The first-order chi connectivity index (χ1) is 11.0. The van der Waals surface area contributed by atoms with Gasteiger partial charge < -0.3 is 5.32 Å². The Morgan fingerprint density at radius 3 is 2.57 bits per heavy atom. The van der Waals surface area contributed by atoms with Crippen molar-refractivity contribution >= 4 is 11.5 Å². The van der Waals surface area contributed by atoms with E-state index < -0.39 is 0 Å². The summed E-state index contributed by atoms with van der Waals surface area (Å²) in [7, 11) is 0. The quantitative estimate of drug-likeness (QED) is 0.679. The number of benzene rings is 2. The normalized spacial score (nSPS) is 17.0. The van der Waals surface area contributed by atoms with Crippen molar-refractivity contribution in [3.8, 4) is 6.07 Å². The average molecular weight is 302 g/mol. The smallest absolute Gasteiger partial charge is 0.187 e. The van der Waals surface area contributed by atoms with Crippen LogP contribution in [0.2, 0.25) is 0 Å². The van der Waals surface area contributed by atoms with Gasteiger partial charge in [-0.3, -0.25) is 4.79 Å². The minimum Gasteiger partial charge on any atom is -0.379 e. The summed E-state index contributed by atoms with van der Waals surface area (Å²) < 4.78 is 0. The fourth-order valence-electron chi connectivity index (χ4n) is 2.93. The molecule has 1 N–H and O–H groups in total. The number of hydrogen-bond acceptors (Lipinski definition) is 3. The van der Waals surface area contributed by atoms with Crippen LogP contribution in [-0.4, -0.2) is 11.3 Å². The standard InChI is InChI=1S/C20H18N2O/c1-20(2)12-16-5-3-4-6-17(16)18(22-20)11-19(23)15-9-7-14(13-21)8-10-15/h3-11,22H,12H2,1-2H3. The summed E-state index contributed by atoms with van der Waals surface area (Å²) in [5, 5.41) is 12.3. The van der Waals surface area contributed by atoms with Gasteiger partial charge in [-0.1, -0.05) is 24.3 Å². The van der Waals surface area contributed by atoms with Gasteiger partial charge in [0, 0.05) is 28.4 Å². The lowest BCUT2D eigenvalue weighted by Gasteiger charge is -2.35. The predicted molar refractivity (Wildman–Crippen MR) is 90.8 cm³/mol. The van der Waals surface area contributed by atoms with Crippen LogP contribution in [0, 0.1) is 11.3 Å². The Bertz CT molecular complexity index is 823. The molecular weight excluding hydrogens is 284 g/mol. The Hall–Kier alpha value is -2.86. The van der Waals surface area contributed by atoms with Gasteiger partial charge in [0.05, 0.1) is 11.6 Å². The largest absolute Gasteiger partial charge is 0.379 e. The van der Waals surface area contributed by atoms with Gasteiger partial charge >= 0.3 is 0 Å². The number of nitrogens with zero attached hydrogens (tertiary/aromatic N) is 1. The van der Waals surface area contributed by atoms with Crippen molar-refractivity contribution in [2.45, 2.75) is 25.8 Å². The van der Waals surface area contributed by atoms with Crippen molar-refractivity contribution < 1.29 is 4.79 Å². The van der Waals surface area contributed by atoms with Gasteiger partial charge in [0.1, 0.15) is 0 Å². The lowest BCUT2D eigenvalue weighted by molar-refractivity contribution is 0.104. The molecule has 0 aromatic heterocycles. The van der Waals surface area contributed by atoms with Crippen LogP contribution in [-0.2, 0) is 6.42 Å². The van der Waals surface area contributed by atoms with E-state index in [0.717, 1.165) is 17.7 Å². The zero-order valence-electron chi connectivity index (χ0n) is 13.3. The molecule has 114 valence electrons. The Morgan fingerprint density at radius 1 is 1.17 bits per heavy atom. The Morgan fingerprint density at radius 2 is 1.87 bits per heavy atom. The summed E-state index contributed by atoms with van der Waals surface area (Å²) in [6.07, 6.45) is 2.58. The van der Waals surface area contributed by atoms with E-state index >= 15 is 0 Å². The first-order valence-corrected chi connectivity index (χ1v) is 7.61. The molecule has 0 unspecified atom stereocenters. The number of rotatable bonds is 2. The number of nitriles is 1. The third kappa shape index (κ3) is 3.17. The lowest BCUT2D eigenvalue weighted by atomic mass is 9.85. The van der Waals surface area contributed by atoms with Crippen molar-refractivity contribution in [2.75, 3.05) is 0 Å². The monoisotopic (exact) mass is 302 g/mol. The van der Waals surface area contributed by atoms with Crippen LogP contribution in [0.4, 0.5) is 0 Å². The van der Waals surface area contributed by atoms with Gasteiger partial charge in [0.25, 0.3) is 0 Å². The van der Waals surface area contributed by atoms with Crippen LogP contribution < -0.4 is 5.32 Å². The molecule has 0 saturated heterocycles. The van der Waals surface area contributed by atoms with E-state index in [4.69, 9.17) is 5.26 Å². The average Bonchev–Trinajstić information content (AvgIpc) is 2.54. The van der Waals surface area contributed by atoms with E-state index in [1.807, 2.05) is 18.2 Å². The summed E-state index contributed by atoms with van der Waals surface area (Å²) >= 11 is 0. The zero-order valence-corrected chi connectivity index (χ0v) is 13.3. The highest BCUT2D eigenvalue weighted by Gasteiger charge is 2.27. The van der Waals surface area contributed by atoms with Gasteiger partial charge in [-0.05, 0) is 50.1 Å². The van der Waals surface area contributed by atoms with Crippen molar-refractivity contribution in [3.05, 3.63) is 76.9 Å². The highest BCUT2D eigenvalue weighted by atomic mass is 16.1. The van der Waals surface area contributed by atoms with Crippen LogP contribution in [0.25, 0.3) is 5.70 Å². The van der Waals surface area contributed by atoms with E-state index in [1.54, 1.807) is 30.3 Å². The molecule has 1 aliphatic rings. The summed E-state index contributed by atoms with van der Waals surface area (Å²) in [5.41, 5.74) is 4.22. The second-order valence-electron chi connectivity index (χ2n) is 6.45. The van der Waals surface area contributed by atoms with Crippen molar-refractivity contribution in [1.82, 2.24) is 5.32 Å². The summed E-state index contributed by atoms with van der Waals surface area (Å²) in [6, 6.07) is 16.9. The Kier molecular flexibility index (Phi) is 3.75. The van der Waals surface area contributed by atoms with E-state index in [2.05, 4.69) is 31.3 Å². The molecule has 3 nitrogen and oxygen atoms in total. The first kappa shape index (κ1) is 15.1. The molecule has 2 aromatic carbocycles. The molecule has 0 fully saturated rings. The van der Waals surface area contributed by atoms with Crippen LogP contribution in [0.15, 0.2) is 54.6 Å². The molecule has 0 amide bonds. The first-order valence-electron chi connectivity index (χ1n) is 7.61. The summed E-state index contributed by atoms with van der Waals surface area (Å²) in [5.74, 6) is -0.0653. The van der Waals surface area contributed by atoms with Crippen molar-refractivity contribution in [3.63, 3.8) is 0 Å². The van der Waals surface area contributed by atoms with Gasteiger partial charge in [-0.2, -0.15) is 5.26 Å². The van der Waals surface area contributed by atoms with Crippen LogP contribution in [0.3, 0.4) is 0 Å². The Labute approximate surface area is 136 Å². The van der Waals surface area contributed by atoms with Crippen LogP contribution >= 0.6 is 0 Å². The molecule has 0 atom stereocenters. The molecule has 0 radical (unpaired) electrons. The molecule has 0 aliphatic carbocycles. The maximum Gasteiger partial charge on any atom is 0.187 e. The highest BCUT2D eigenvalue weighted by Crippen LogP contribution is 2.29. The maximum absolute atomic E-state index is 12.5.